The first-order valence-electron chi connectivity index (χ1n) is 8.04. The van der Waals surface area contributed by atoms with Crippen LogP contribution in [0.2, 0.25) is 0 Å². The molecule has 0 aliphatic carbocycles. The van der Waals surface area contributed by atoms with Crippen LogP contribution in [0.15, 0.2) is 48.5 Å². The molecule has 1 nitrogen and oxygen atoms in total. The van der Waals surface area contributed by atoms with E-state index >= 15 is 0 Å². The van der Waals surface area contributed by atoms with Crippen molar-refractivity contribution in [1.29, 1.82) is 0 Å². The molecule has 1 unspecified atom stereocenters. The summed E-state index contributed by atoms with van der Waals surface area (Å²) >= 11 is 0. The van der Waals surface area contributed by atoms with E-state index in [1.165, 1.54) is 35.1 Å². The van der Waals surface area contributed by atoms with Gasteiger partial charge >= 0.3 is 0 Å². The molecule has 21 heavy (non-hydrogen) atoms. The predicted octanol–water partition coefficient (Wildman–Crippen LogP) is 4.84. The first-order chi connectivity index (χ1) is 10.2. The van der Waals surface area contributed by atoms with E-state index in [-0.39, 0.29) is 0 Å². The summed E-state index contributed by atoms with van der Waals surface area (Å²) < 4.78 is 0. The minimum Gasteiger partial charge on any atom is -0.313 e. The highest BCUT2D eigenvalue weighted by Crippen LogP contribution is 2.21. The quantitative estimate of drug-likeness (QED) is 0.765. The van der Waals surface area contributed by atoms with E-state index in [1.807, 2.05) is 0 Å². The van der Waals surface area contributed by atoms with Crippen LogP contribution in [0.3, 0.4) is 0 Å². The van der Waals surface area contributed by atoms with Gasteiger partial charge < -0.3 is 5.32 Å². The summed E-state index contributed by atoms with van der Waals surface area (Å²) in [5.74, 6) is 0. The Morgan fingerprint density at radius 3 is 2.38 bits per heavy atom. The van der Waals surface area contributed by atoms with Gasteiger partial charge in [-0.1, -0.05) is 67.4 Å². The molecule has 112 valence electrons. The lowest BCUT2D eigenvalue weighted by atomic mass is 9.96. The van der Waals surface area contributed by atoms with Crippen LogP contribution in [0.25, 0.3) is 0 Å². The second-order valence-corrected chi connectivity index (χ2v) is 5.86. The van der Waals surface area contributed by atoms with Crippen molar-refractivity contribution in [3.05, 3.63) is 70.8 Å². The number of hydrogen-bond acceptors (Lipinski definition) is 1. The molecule has 0 saturated heterocycles. The molecule has 0 radical (unpaired) electrons. The van der Waals surface area contributed by atoms with E-state index in [0.29, 0.717) is 6.04 Å². The Morgan fingerprint density at radius 2 is 1.71 bits per heavy atom. The van der Waals surface area contributed by atoms with Crippen LogP contribution in [0.5, 0.6) is 0 Å². The zero-order chi connectivity index (χ0) is 15.1. The van der Waals surface area contributed by atoms with Crippen LogP contribution < -0.4 is 5.32 Å². The van der Waals surface area contributed by atoms with Crippen molar-refractivity contribution in [2.75, 3.05) is 7.05 Å². The zero-order valence-corrected chi connectivity index (χ0v) is 13.5. The summed E-state index contributed by atoms with van der Waals surface area (Å²) in [5.41, 5.74) is 5.61. The van der Waals surface area contributed by atoms with Gasteiger partial charge in [-0.2, -0.15) is 0 Å². The lowest BCUT2D eigenvalue weighted by Crippen LogP contribution is -2.17. The molecule has 2 aromatic rings. The van der Waals surface area contributed by atoms with Gasteiger partial charge in [-0.15, -0.1) is 0 Å². The molecule has 0 bridgehead atoms. The van der Waals surface area contributed by atoms with Gasteiger partial charge in [0, 0.05) is 6.04 Å². The monoisotopic (exact) mass is 281 g/mol. The summed E-state index contributed by atoms with van der Waals surface area (Å²) in [6, 6.07) is 18.4. The number of benzene rings is 2. The third-order valence-corrected chi connectivity index (χ3v) is 4.08. The van der Waals surface area contributed by atoms with Gasteiger partial charge in [-0.3, -0.25) is 0 Å². The summed E-state index contributed by atoms with van der Waals surface area (Å²) in [7, 11) is 2.06. The summed E-state index contributed by atoms with van der Waals surface area (Å²) in [4.78, 5) is 0. The van der Waals surface area contributed by atoms with E-state index in [2.05, 4.69) is 74.7 Å². The fourth-order valence-corrected chi connectivity index (χ4v) is 2.80. The maximum absolute atomic E-state index is 3.47. The Balaban J connectivity index is 2.02. The maximum Gasteiger partial charge on any atom is 0.0320 e. The maximum atomic E-state index is 3.47. The zero-order valence-electron chi connectivity index (χ0n) is 13.5. The molecule has 1 N–H and O–H groups in total. The summed E-state index contributed by atoms with van der Waals surface area (Å²) in [5, 5.41) is 3.47. The number of aryl methyl sites for hydroxylation is 3. The van der Waals surface area contributed by atoms with E-state index in [9.17, 15) is 0 Å². The predicted molar refractivity (Wildman–Crippen MR) is 91.7 cm³/mol. The third-order valence-electron chi connectivity index (χ3n) is 4.08. The molecule has 1 atom stereocenters. The molecule has 0 fully saturated rings. The Kier molecular flexibility index (Phi) is 6.01. The van der Waals surface area contributed by atoms with Crippen LogP contribution >= 0.6 is 0 Å². The van der Waals surface area contributed by atoms with Gasteiger partial charge in [-0.25, -0.2) is 0 Å². The van der Waals surface area contributed by atoms with E-state index in [0.717, 1.165) is 12.8 Å². The van der Waals surface area contributed by atoms with Gasteiger partial charge in [0.05, 0.1) is 0 Å². The molecular weight excluding hydrogens is 254 g/mol. The van der Waals surface area contributed by atoms with Crippen LogP contribution in [-0.4, -0.2) is 7.05 Å². The number of rotatable bonds is 7. The molecule has 2 aromatic carbocycles. The average molecular weight is 281 g/mol. The average Bonchev–Trinajstić information content (AvgIpc) is 2.50. The molecule has 0 aromatic heterocycles. The van der Waals surface area contributed by atoms with Gasteiger partial charge in [0.1, 0.15) is 0 Å². The number of nitrogens with one attached hydrogen (secondary N) is 1. The number of hydrogen-bond donors (Lipinski definition) is 1. The lowest BCUT2D eigenvalue weighted by molar-refractivity contribution is 0.548. The third kappa shape index (κ3) is 4.71. The molecule has 0 aliphatic rings. The van der Waals surface area contributed by atoms with Gasteiger partial charge in [0.15, 0.2) is 0 Å². The van der Waals surface area contributed by atoms with Crippen molar-refractivity contribution >= 4 is 0 Å². The standard InChI is InChI=1S/C20H27N/c1-4-6-18-7-5-8-19(15-18)20(21-3)14-13-17-11-9-16(2)10-12-17/h5,7-12,15,20-21H,4,6,13-14H2,1-3H3. The molecular formula is C20H27N. The van der Waals surface area contributed by atoms with Gasteiger partial charge in [-0.05, 0) is 49.9 Å². The van der Waals surface area contributed by atoms with Crippen LogP contribution in [0.1, 0.15) is 48.1 Å². The fraction of sp³-hybridized carbons (Fsp3) is 0.400. The molecule has 1 heteroatoms. The SMILES string of the molecule is CCCc1cccc(C(CCc2ccc(C)cc2)NC)c1. The van der Waals surface area contributed by atoms with Gasteiger partial charge in [0.25, 0.3) is 0 Å². The van der Waals surface area contributed by atoms with E-state index < -0.39 is 0 Å². The lowest BCUT2D eigenvalue weighted by Gasteiger charge is -2.17. The van der Waals surface area contributed by atoms with Crippen LogP contribution in [-0.2, 0) is 12.8 Å². The minimum absolute atomic E-state index is 0.433. The van der Waals surface area contributed by atoms with Crippen molar-refractivity contribution < 1.29 is 0 Å². The van der Waals surface area contributed by atoms with E-state index in [4.69, 9.17) is 0 Å². The normalized spacial score (nSPS) is 12.3. The van der Waals surface area contributed by atoms with Crippen molar-refractivity contribution in [2.45, 2.75) is 45.6 Å². The minimum atomic E-state index is 0.433. The largest absolute Gasteiger partial charge is 0.313 e. The Bertz CT molecular complexity index is 542. The first kappa shape index (κ1) is 15.8. The molecule has 0 spiro atoms. The Morgan fingerprint density at radius 1 is 0.952 bits per heavy atom. The van der Waals surface area contributed by atoms with Gasteiger partial charge in [0.2, 0.25) is 0 Å². The molecule has 0 saturated carbocycles. The highest BCUT2D eigenvalue weighted by molar-refractivity contribution is 5.27. The Labute approximate surface area is 129 Å². The first-order valence-corrected chi connectivity index (χ1v) is 8.04. The summed E-state index contributed by atoms with van der Waals surface area (Å²) in [6.45, 7) is 4.37. The molecule has 0 heterocycles. The molecule has 0 amide bonds. The van der Waals surface area contributed by atoms with E-state index in [1.54, 1.807) is 0 Å². The molecule has 0 aliphatic heterocycles. The highest BCUT2D eigenvalue weighted by Gasteiger charge is 2.09. The highest BCUT2D eigenvalue weighted by atomic mass is 14.9. The van der Waals surface area contributed by atoms with Crippen LogP contribution in [0.4, 0.5) is 0 Å². The fourth-order valence-electron chi connectivity index (χ4n) is 2.80. The van der Waals surface area contributed by atoms with Crippen molar-refractivity contribution in [2.24, 2.45) is 0 Å². The smallest absolute Gasteiger partial charge is 0.0320 e. The molecule has 2 rings (SSSR count). The van der Waals surface area contributed by atoms with Crippen molar-refractivity contribution in [1.82, 2.24) is 5.32 Å². The second-order valence-electron chi connectivity index (χ2n) is 5.86. The topological polar surface area (TPSA) is 12.0 Å². The second kappa shape index (κ2) is 7.99. The Hall–Kier alpha value is -1.60. The van der Waals surface area contributed by atoms with Crippen molar-refractivity contribution in [3.63, 3.8) is 0 Å². The van der Waals surface area contributed by atoms with Crippen molar-refractivity contribution in [3.8, 4) is 0 Å². The summed E-state index contributed by atoms with van der Waals surface area (Å²) in [6.07, 6.45) is 4.62. The van der Waals surface area contributed by atoms with Crippen LogP contribution in [0, 0.1) is 6.92 Å².